The van der Waals surface area contributed by atoms with Crippen LogP contribution in [0.3, 0.4) is 0 Å². The lowest BCUT2D eigenvalue weighted by atomic mass is 9.98. The molecule has 3 rings (SSSR count). The van der Waals surface area contributed by atoms with Gasteiger partial charge in [-0.05, 0) is 36.8 Å². The van der Waals surface area contributed by atoms with Gasteiger partial charge in [0.05, 0.1) is 6.10 Å². The van der Waals surface area contributed by atoms with Crippen molar-refractivity contribution in [2.45, 2.75) is 70.6 Å². The van der Waals surface area contributed by atoms with Crippen LogP contribution in [0.1, 0.15) is 62.5 Å². The van der Waals surface area contributed by atoms with Gasteiger partial charge < -0.3 is 20.3 Å². The molecule has 0 spiro atoms. The molecule has 6 heteroatoms. The third kappa shape index (κ3) is 7.35. The quantitative estimate of drug-likeness (QED) is 0.379. The summed E-state index contributed by atoms with van der Waals surface area (Å²) < 4.78 is 5.97. The zero-order chi connectivity index (χ0) is 20.3. The third-order valence-corrected chi connectivity index (χ3v) is 5.77. The predicted octanol–water partition coefficient (Wildman–Crippen LogP) is 3.21. The first-order valence-electron chi connectivity index (χ1n) is 11.2. The number of amides is 1. The van der Waals surface area contributed by atoms with Gasteiger partial charge in [0.1, 0.15) is 0 Å². The zero-order valence-corrected chi connectivity index (χ0v) is 17.8. The van der Waals surface area contributed by atoms with Gasteiger partial charge in [0.2, 0.25) is 5.91 Å². The minimum Gasteiger partial charge on any atom is -0.378 e. The number of carbonyl (C=O) groups excluding carboxylic acids is 1. The van der Waals surface area contributed by atoms with Gasteiger partial charge in [-0.3, -0.25) is 9.79 Å². The molecule has 0 bridgehead atoms. The Balaban J connectivity index is 1.30. The minimum atomic E-state index is 0.273. The smallest absolute Gasteiger partial charge is 0.222 e. The van der Waals surface area contributed by atoms with E-state index in [9.17, 15) is 4.79 Å². The minimum absolute atomic E-state index is 0.273. The van der Waals surface area contributed by atoms with Crippen molar-refractivity contribution in [1.82, 2.24) is 15.5 Å². The van der Waals surface area contributed by atoms with Crippen LogP contribution in [-0.2, 0) is 22.6 Å². The van der Waals surface area contributed by atoms with E-state index in [4.69, 9.17) is 4.74 Å². The average molecular weight is 401 g/mol. The highest BCUT2D eigenvalue weighted by molar-refractivity contribution is 5.79. The first-order chi connectivity index (χ1) is 14.2. The summed E-state index contributed by atoms with van der Waals surface area (Å²) in [7, 11) is 1.80. The molecule has 0 atom stereocenters. The molecular weight excluding hydrogens is 364 g/mol. The summed E-state index contributed by atoms with van der Waals surface area (Å²) in [5.74, 6) is 1.09. The molecule has 1 aromatic rings. The molecule has 1 aromatic carbocycles. The second-order valence-corrected chi connectivity index (χ2v) is 8.07. The van der Waals surface area contributed by atoms with E-state index in [2.05, 4.69) is 39.9 Å². The molecule has 1 saturated heterocycles. The molecular formula is C23H36N4O2. The Labute approximate surface area is 175 Å². The van der Waals surface area contributed by atoms with Gasteiger partial charge in [-0.15, -0.1) is 0 Å². The molecule has 0 unspecified atom stereocenters. The normalized spacial score (nSPS) is 18.3. The maximum absolute atomic E-state index is 11.8. The second kappa shape index (κ2) is 11.8. The van der Waals surface area contributed by atoms with Crippen LogP contribution in [0.5, 0.6) is 0 Å². The third-order valence-electron chi connectivity index (χ3n) is 5.77. The van der Waals surface area contributed by atoms with Gasteiger partial charge in [-0.1, -0.05) is 43.5 Å². The van der Waals surface area contributed by atoms with Gasteiger partial charge in [0, 0.05) is 46.3 Å². The van der Waals surface area contributed by atoms with Crippen molar-refractivity contribution in [2.24, 2.45) is 4.99 Å². The molecule has 1 heterocycles. The number of hydrogen-bond donors (Lipinski definition) is 2. The first-order valence-corrected chi connectivity index (χ1v) is 11.2. The average Bonchev–Trinajstić information content (AvgIpc) is 3.16. The number of ether oxygens (including phenoxy) is 1. The predicted molar refractivity (Wildman–Crippen MR) is 117 cm³/mol. The van der Waals surface area contributed by atoms with Crippen LogP contribution in [0.25, 0.3) is 0 Å². The Hall–Kier alpha value is -2.08. The molecule has 2 N–H and O–H groups in total. The van der Waals surface area contributed by atoms with E-state index in [-0.39, 0.29) is 5.91 Å². The van der Waals surface area contributed by atoms with Gasteiger partial charge in [0.15, 0.2) is 5.96 Å². The fourth-order valence-electron chi connectivity index (χ4n) is 4.02. The summed E-state index contributed by atoms with van der Waals surface area (Å²) in [5.41, 5.74) is 2.38. The van der Waals surface area contributed by atoms with Crippen LogP contribution < -0.4 is 10.6 Å². The maximum atomic E-state index is 11.8. The summed E-state index contributed by atoms with van der Waals surface area (Å²) in [6.07, 6.45) is 9.60. The van der Waals surface area contributed by atoms with E-state index in [1.165, 1.54) is 43.2 Å². The molecule has 1 saturated carbocycles. The number of nitrogens with zero attached hydrogens (tertiary/aromatic N) is 2. The van der Waals surface area contributed by atoms with E-state index in [1.54, 1.807) is 7.05 Å². The Bertz CT molecular complexity index is 653. The van der Waals surface area contributed by atoms with Crippen LogP contribution in [0.2, 0.25) is 0 Å². The lowest BCUT2D eigenvalue weighted by Gasteiger charge is -2.22. The van der Waals surface area contributed by atoms with Crippen molar-refractivity contribution < 1.29 is 9.53 Å². The molecule has 2 aliphatic rings. The molecule has 0 radical (unpaired) electrons. The topological polar surface area (TPSA) is 66.0 Å². The van der Waals surface area contributed by atoms with Crippen molar-refractivity contribution in [3.8, 4) is 0 Å². The van der Waals surface area contributed by atoms with E-state index >= 15 is 0 Å². The van der Waals surface area contributed by atoms with Gasteiger partial charge in [-0.2, -0.15) is 0 Å². The molecule has 29 heavy (non-hydrogen) atoms. The first kappa shape index (κ1) is 21.6. The SMILES string of the molecule is CN=C(NCCCOC1CCCCC1)NCc1ccc(CN2CCCC2=O)cc1. The number of likely N-dealkylation sites (tertiary alicyclic amines) is 1. The van der Waals surface area contributed by atoms with Crippen LogP contribution in [-0.4, -0.2) is 49.6 Å². The Morgan fingerprint density at radius 1 is 1.10 bits per heavy atom. The number of nitrogens with one attached hydrogen (secondary N) is 2. The van der Waals surface area contributed by atoms with E-state index in [1.807, 2.05) is 4.90 Å². The zero-order valence-electron chi connectivity index (χ0n) is 17.8. The number of hydrogen-bond acceptors (Lipinski definition) is 3. The standard InChI is InChI=1S/C23H36N4O2/c1-24-23(25-14-6-16-29-21-7-3-2-4-8-21)26-17-19-10-12-20(13-11-19)18-27-15-5-9-22(27)28/h10-13,21H,2-9,14-18H2,1H3,(H2,24,25,26). The Morgan fingerprint density at radius 3 is 2.55 bits per heavy atom. The van der Waals surface area contributed by atoms with E-state index in [0.29, 0.717) is 12.5 Å². The molecule has 1 amide bonds. The van der Waals surface area contributed by atoms with Crippen molar-refractivity contribution >= 4 is 11.9 Å². The lowest BCUT2D eigenvalue weighted by Crippen LogP contribution is -2.37. The van der Waals surface area contributed by atoms with Crippen molar-refractivity contribution in [3.05, 3.63) is 35.4 Å². The Morgan fingerprint density at radius 2 is 1.86 bits per heavy atom. The summed E-state index contributed by atoms with van der Waals surface area (Å²) in [6.45, 7) is 4.00. The van der Waals surface area contributed by atoms with Crippen molar-refractivity contribution in [3.63, 3.8) is 0 Å². The molecule has 1 aliphatic heterocycles. The van der Waals surface area contributed by atoms with E-state index in [0.717, 1.165) is 51.6 Å². The van der Waals surface area contributed by atoms with Crippen molar-refractivity contribution in [2.75, 3.05) is 26.7 Å². The second-order valence-electron chi connectivity index (χ2n) is 8.07. The molecule has 0 aromatic heterocycles. The van der Waals surface area contributed by atoms with Crippen molar-refractivity contribution in [1.29, 1.82) is 0 Å². The molecule has 2 fully saturated rings. The number of carbonyl (C=O) groups is 1. The number of rotatable bonds is 9. The fraction of sp³-hybridized carbons (Fsp3) is 0.652. The summed E-state index contributed by atoms with van der Waals surface area (Å²) in [5, 5.41) is 6.72. The summed E-state index contributed by atoms with van der Waals surface area (Å²) >= 11 is 0. The summed E-state index contributed by atoms with van der Waals surface area (Å²) in [4.78, 5) is 18.0. The van der Waals surface area contributed by atoms with Crippen LogP contribution in [0.4, 0.5) is 0 Å². The fourth-order valence-corrected chi connectivity index (χ4v) is 4.02. The molecule has 1 aliphatic carbocycles. The van der Waals surface area contributed by atoms with Crippen LogP contribution in [0, 0.1) is 0 Å². The Kier molecular flexibility index (Phi) is 8.81. The number of aliphatic imine (C=N–C) groups is 1. The summed E-state index contributed by atoms with van der Waals surface area (Å²) in [6, 6.07) is 8.46. The van der Waals surface area contributed by atoms with Gasteiger partial charge >= 0.3 is 0 Å². The lowest BCUT2D eigenvalue weighted by molar-refractivity contribution is -0.128. The highest BCUT2D eigenvalue weighted by atomic mass is 16.5. The van der Waals surface area contributed by atoms with Gasteiger partial charge in [0.25, 0.3) is 0 Å². The number of guanidine groups is 1. The highest BCUT2D eigenvalue weighted by Crippen LogP contribution is 2.20. The number of benzene rings is 1. The maximum Gasteiger partial charge on any atom is 0.222 e. The highest BCUT2D eigenvalue weighted by Gasteiger charge is 2.19. The van der Waals surface area contributed by atoms with Gasteiger partial charge in [-0.25, -0.2) is 0 Å². The van der Waals surface area contributed by atoms with Crippen LogP contribution >= 0.6 is 0 Å². The largest absolute Gasteiger partial charge is 0.378 e. The van der Waals surface area contributed by atoms with Crippen LogP contribution in [0.15, 0.2) is 29.3 Å². The van der Waals surface area contributed by atoms with E-state index < -0.39 is 0 Å². The molecule has 160 valence electrons. The monoisotopic (exact) mass is 400 g/mol. The molecule has 6 nitrogen and oxygen atoms in total.